The average Bonchev–Trinajstić information content (AvgIpc) is 2.36. The minimum absolute atomic E-state index is 0.0949. The zero-order valence-corrected chi connectivity index (χ0v) is 11.0. The van der Waals surface area contributed by atoms with E-state index in [1.54, 1.807) is 13.0 Å². The summed E-state index contributed by atoms with van der Waals surface area (Å²) < 4.78 is 4.58. The summed E-state index contributed by atoms with van der Waals surface area (Å²) in [6.45, 7) is 1.88. The van der Waals surface area contributed by atoms with Crippen LogP contribution in [0.25, 0.3) is 0 Å². The van der Waals surface area contributed by atoms with Gasteiger partial charge in [-0.05, 0) is 28.9 Å². The molecule has 8 heteroatoms. The summed E-state index contributed by atoms with van der Waals surface area (Å²) in [5.74, 6) is -0.649. The summed E-state index contributed by atoms with van der Waals surface area (Å²) in [7, 11) is 0. The topological polar surface area (TPSA) is 93.8 Å². The van der Waals surface area contributed by atoms with Crippen molar-refractivity contribution in [1.29, 1.82) is 0 Å². The first-order chi connectivity index (χ1) is 8.56. The van der Waals surface area contributed by atoms with Crippen LogP contribution in [0.1, 0.15) is 6.92 Å². The second kappa shape index (κ2) is 6.70. The summed E-state index contributed by atoms with van der Waals surface area (Å²) >= 11 is 2.91. The molecule has 0 aliphatic heterocycles. The monoisotopic (exact) mass is 315 g/mol. The molecule has 0 amide bonds. The molecule has 0 saturated carbocycles. The van der Waals surface area contributed by atoms with Gasteiger partial charge in [0, 0.05) is 6.07 Å². The molecule has 0 atom stereocenters. The lowest BCUT2D eigenvalue weighted by atomic mass is 10.3. The molecule has 0 aliphatic rings. The van der Waals surface area contributed by atoms with Crippen LogP contribution >= 0.6 is 15.9 Å². The van der Waals surface area contributed by atoms with Gasteiger partial charge in [-0.25, -0.2) is 4.79 Å². The van der Waals surface area contributed by atoms with Crippen LogP contribution in [-0.2, 0) is 9.53 Å². The van der Waals surface area contributed by atoms with E-state index < -0.39 is 10.9 Å². The standard InChI is InChI=1S/C10H10BrN3O4/c1-2-18-10(15)9(11)13-12-7-5-3-4-6-8(7)14(16)17/h3-6,12H,2H2,1H3. The molecule has 0 fully saturated rings. The molecule has 0 bridgehead atoms. The first-order valence-corrected chi connectivity index (χ1v) is 5.75. The number of halogens is 1. The Hall–Kier alpha value is -1.96. The molecule has 1 aromatic carbocycles. The molecule has 7 nitrogen and oxygen atoms in total. The number of hydrazone groups is 1. The number of hydrogen-bond donors (Lipinski definition) is 1. The second-order valence-electron chi connectivity index (χ2n) is 3.01. The lowest BCUT2D eigenvalue weighted by Gasteiger charge is -2.02. The molecule has 96 valence electrons. The summed E-state index contributed by atoms with van der Waals surface area (Å²) in [6.07, 6.45) is 0. The Bertz CT molecular complexity index is 490. The Morgan fingerprint density at radius 1 is 1.56 bits per heavy atom. The molecule has 0 aliphatic carbocycles. The van der Waals surface area contributed by atoms with Crippen LogP contribution in [-0.4, -0.2) is 22.1 Å². The van der Waals surface area contributed by atoms with Crippen molar-refractivity contribution in [1.82, 2.24) is 0 Å². The van der Waals surface area contributed by atoms with Gasteiger partial charge < -0.3 is 4.74 Å². The molecule has 1 aromatic rings. The maximum atomic E-state index is 11.2. The molecule has 1 rings (SSSR count). The van der Waals surface area contributed by atoms with E-state index in [4.69, 9.17) is 0 Å². The third kappa shape index (κ3) is 3.81. The van der Waals surface area contributed by atoms with E-state index in [0.717, 1.165) is 0 Å². The number of esters is 1. The van der Waals surface area contributed by atoms with Gasteiger partial charge in [-0.15, -0.1) is 0 Å². The number of benzene rings is 1. The van der Waals surface area contributed by atoms with E-state index >= 15 is 0 Å². The molecule has 0 spiro atoms. The minimum Gasteiger partial charge on any atom is -0.461 e. The fourth-order valence-corrected chi connectivity index (χ4v) is 1.28. The van der Waals surface area contributed by atoms with Crippen LogP contribution in [0.4, 0.5) is 11.4 Å². The largest absolute Gasteiger partial charge is 0.461 e. The molecule has 0 radical (unpaired) electrons. The van der Waals surface area contributed by atoms with Crippen LogP contribution in [0.15, 0.2) is 29.4 Å². The van der Waals surface area contributed by atoms with Crippen LogP contribution in [0.2, 0.25) is 0 Å². The molecular formula is C10H10BrN3O4. The number of rotatable bonds is 5. The average molecular weight is 316 g/mol. The Kier molecular flexibility index (Phi) is 5.25. The van der Waals surface area contributed by atoms with E-state index in [9.17, 15) is 14.9 Å². The first-order valence-electron chi connectivity index (χ1n) is 4.96. The van der Waals surface area contributed by atoms with Gasteiger partial charge in [-0.3, -0.25) is 15.5 Å². The van der Waals surface area contributed by atoms with Crippen molar-refractivity contribution < 1.29 is 14.5 Å². The van der Waals surface area contributed by atoms with Gasteiger partial charge in [-0.1, -0.05) is 12.1 Å². The van der Waals surface area contributed by atoms with Crippen molar-refractivity contribution in [3.05, 3.63) is 34.4 Å². The van der Waals surface area contributed by atoms with Gasteiger partial charge in [0.25, 0.3) is 5.69 Å². The Morgan fingerprint density at radius 3 is 2.83 bits per heavy atom. The lowest BCUT2D eigenvalue weighted by Crippen LogP contribution is -2.13. The van der Waals surface area contributed by atoms with Crippen LogP contribution < -0.4 is 5.43 Å². The molecule has 0 aromatic heterocycles. The highest BCUT2D eigenvalue weighted by molar-refractivity contribution is 9.19. The van der Waals surface area contributed by atoms with Gasteiger partial charge in [0.05, 0.1) is 11.5 Å². The number of para-hydroxylation sites is 2. The SMILES string of the molecule is CCOC(=O)C(Br)=NNc1ccccc1[N+](=O)[O-]. The molecule has 0 heterocycles. The number of ether oxygens (including phenoxy) is 1. The Balaban J connectivity index is 2.83. The zero-order valence-electron chi connectivity index (χ0n) is 9.42. The summed E-state index contributed by atoms with van der Waals surface area (Å²) in [5, 5.41) is 14.4. The number of anilines is 1. The van der Waals surface area contributed by atoms with E-state index in [2.05, 4.69) is 31.2 Å². The van der Waals surface area contributed by atoms with Crippen molar-refractivity contribution >= 4 is 37.9 Å². The lowest BCUT2D eigenvalue weighted by molar-refractivity contribution is -0.384. The van der Waals surface area contributed by atoms with Crippen molar-refractivity contribution in [2.45, 2.75) is 6.92 Å². The van der Waals surface area contributed by atoms with Gasteiger partial charge in [0.1, 0.15) is 5.69 Å². The Labute approximate surface area is 111 Å². The van der Waals surface area contributed by atoms with E-state index in [1.807, 2.05) is 0 Å². The highest BCUT2D eigenvalue weighted by Crippen LogP contribution is 2.23. The number of nitro benzene ring substituents is 1. The van der Waals surface area contributed by atoms with Crippen molar-refractivity contribution in [3.63, 3.8) is 0 Å². The van der Waals surface area contributed by atoms with E-state index in [-0.39, 0.29) is 22.6 Å². The smallest absolute Gasteiger partial charge is 0.366 e. The maximum absolute atomic E-state index is 11.2. The van der Waals surface area contributed by atoms with E-state index in [0.29, 0.717) is 0 Å². The van der Waals surface area contributed by atoms with Gasteiger partial charge in [0.15, 0.2) is 0 Å². The van der Waals surface area contributed by atoms with Crippen LogP contribution in [0, 0.1) is 10.1 Å². The van der Waals surface area contributed by atoms with Gasteiger partial charge in [0.2, 0.25) is 4.62 Å². The fourth-order valence-electron chi connectivity index (χ4n) is 1.07. The summed E-state index contributed by atoms with van der Waals surface area (Å²) in [5.41, 5.74) is 2.48. The molecule has 0 saturated heterocycles. The van der Waals surface area contributed by atoms with Crippen LogP contribution in [0.3, 0.4) is 0 Å². The number of nitro groups is 1. The summed E-state index contributed by atoms with van der Waals surface area (Å²) in [4.78, 5) is 21.4. The predicted octanol–water partition coefficient (Wildman–Crippen LogP) is 2.28. The number of nitrogens with zero attached hydrogens (tertiary/aromatic N) is 2. The molecule has 1 N–H and O–H groups in total. The summed E-state index contributed by atoms with van der Waals surface area (Å²) in [6, 6.07) is 5.96. The second-order valence-corrected chi connectivity index (χ2v) is 3.76. The number of carbonyl (C=O) groups is 1. The van der Waals surface area contributed by atoms with Crippen LogP contribution in [0.5, 0.6) is 0 Å². The molecule has 18 heavy (non-hydrogen) atoms. The molecular weight excluding hydrogens is 306 g/mol. The first kappa shape index (κ1) is 14.1. The third-order valence-electron chi connectivity index (χ3n) is 1.82. The van der Waals surface area contributed by atoms with E-state index in [1.165, 1.54) is 18.2 Å². The maximum Gasteiger partial charge on any atom is 0.366 e. The predicted molar refractivity (Wildman–Crippen MR) is 69.7 cm³/mol. The van der Waals surface area contributed by atoms with Crippen molar-refractivity contribution in [2.75, 3.05) is 12.0 Å². The molecule has 0 unspecified atom stereocenters. The zero-order chi connectivity index (χ0) is 13.5. The van der Waals surface area contributed by atoms with Crippen molar-refractivity contribution in [3.8, 4) is 0 Å². The van der Waals surface area contributed by atoms with Gasteiger partial charge in [-0.2, -0.15) is 5.10 Å². The van der Waals surface area contributed by atoms with Gasteiger partial charge >= 0.3 is 5.97 Å². The Morgan fingerprint density at radius 2 is 2.22 bits per heavy atom. The van der Waals surface area contributed by atoms with Crippen molar-refractivity contribution in [2.24, 2.45) is 5.10 Å². The number of carbonyl (C=O) groups excluding carboxylic acids is 1. The quantitative estimate of drug-likeness (QED) is 0.389. The minimum atomic E-state index is -0.649. The number of hydrogen-bond acceptors (Lipinski definition) is 6. The third-order valence-corrected chi connectivity index (χ3v) is 2.32. The number of nitrogens with one attached hydrogen (secondary N) is 1. The fraction of sp³-hybridized carbons (Fsp3) is 0.200. The highest BCUT2D eigenvalue weighted by Gasteiger charge is 2.13. The normalized spacial score (nSPS) is 10.9. The highest BCUT2D eigenvalue weighted by atomic mass is 79.9.